The molecule has 0 fully saturated rings. The van der Waals surface area contributed by atoms with E-state index >= 15 is 0 Å². The Morgan fingerprint density at radius 2 is 0.447 bits per heavy atom. The Morgan fingerprint density at radius 1 is 0.262 bits per heavy atom. The van der Waals surface area contributed by atoms with Gasteiger partial charge in [-0.2, -0.15) is 0 Å². The van der Waals surface area contributed by atoms with Gasteiger partial charge in [0.1, 0.15) is 19.3 Å². The fourth-order valence-electron chi connectivity index (χ4n) is 13.1. The van der Waals surface area contributed by atoms with Gasteiger partial charge in [0.15, 0.2) is 12.2 Å². The Balaban J connectivity index is 5.20. The Kier molecular flexibility index (Phi) is 75.4. The molecule has 0 aliphatic heterocycles. The van der Waals surface area contributed by atoms with Crippen molar-refractivity contribution < 1.29 is 80.2 Å². The lowest BCUT2D eigenvalue weighted by Crippen LogP contribution is -2.30. The van der Waals surface area contributed by atoms with Crippen LogP contribution in [0.25, 0.3) is 0 Å². The van der Waals surface area contributed by atoms with Crippen molar-refractivity contribution in [2.24, 2.45) is 5.92 Å². The predicted octanol–water partition coefficient (Wildman–Crippen LogP) is 25.6. The van der Waals surface area contributed by atoms with Crippen LogP contribution in [0.15, 0.2) is 0 Å². The number of ether oxygens (including phenoxy) is 4. The third-order valence-electron chi connectivity index (χ3n) is 19.8. The molecule has 0 aliphatic rings. The molecule has 0 aromatic carbocycles. The Labute approximate surface area is 632 Å². The zero-order chi connectivity index (χ0) is 75.5. The van der Waals surface area contributed by atoms with Gasteiger partial charge in [0, 0.05) is 25.7 Å². The summed E-state index contributed by atoms with van der Waals surface area (Å²) in [6.07, 6.45) is 69.7. The van der Waals surface area contributed by atoms with Crippen LogP contribution in [0.2, 0.25) is 0 Å². The standard InChI is InChI=1S/C84H164O17P2/c1-6-9-12-15-18-21-24-27-29-31-33-35-37-39-41-43-46-49-54-60-65-70-84(89)100-79(73-94-81(86)67-62-57-52-47-45-42-40-38-36-34-32-30-28-25-22-19-16-13-10-7-2)75-98-102(90,91)96-71-78(85)72-97-103(92,93)99-76-80(74-95-82(87)68-63-58-55-50-51-56-61-66-77(4)5)101-83(88)69-64-59-53-48-44-26-23-20-17-14-11-8-3/h77-80,85H,6-76H2,1-5H3,(H,90,91)(H,92,93)/t78-,79-,80-/m1/s1. The van der Waals surface area contributed by atoms with Gasteiger partial charge in [0.05, 0.1) is 26.4 Å². The van der Waals surface area contributed by atoms with Crippen molar-refractivity contribution in [1.29, 1.82) is 0 Å². The smallest absolute Gasteiger partial charge is 0.462 e. The number of phosphoric acid groups is 2. The van der Waals surface area contributed by atoms with Crippen molar-refractivity contribution in [3.8, 4) is 0 Å². The number of phosphoric ester groups is 2. The largest absolute Gasteiger partial charge is 0.472 e. The monoisotopic (exact) mass is 1510 g/mol. The van der Waals surface area contributed by atoms with E-state index in [1.165, 1.54) is 270 Å². The summed E-state index contributed by atoms with van der Waals surface area (Å²) in [5, 5.41) is 10.7. The number of carbonyl (C=O) groups is 4. The van der Waals surface area contributed by atoms with Crippen molar-refractivity contribution >= 4 is 39.5 Å². The van der Waals surface area contributed by atoms with E-state index < -0.39 is 97.5 Å². The molecule has 17 nitrogen and oxygen atoms in total. The van der Waals surface area contributed by atoms with Gasteiger partial charge in [-0.05, 0) is 31.6 Å². The maximum absolute atomic E-state index is 13.1. The van der Waals surface area contributed by atoms with Gasteiger partial charge in [-0.25, -0.2) is 9.13 Å². The zero-order valence-electron chi connectivity index (χ0n) is 67.5. The fourth-order valence-corrected chi connectivity index (χ4v) is 14.7. The van der Waals surface area contributed by atoms with E-state index in [0.717, 1.165) is 96.3 Å². The summed E-state index contributed by atoms with van der Waals surface area (Å²) in [6.45, 7) is 7.28. The molecule has 103 heavy (non-hydrogen) atoms. The van der Waals surface area contributed by atoms with E-state index in [4.69, 9.17) is 37.0 Å². The molecule has 0 spiro atoms. The first-order valence-electron chi connectivity index (χ1n) is 43.6. The number of unbranched alkanes of at least 4 members (excludes halogenated alkanes) is 56. The Hall–Kier alpha value is -1.94. The highest BCUT2D eigenvalue weighted by atomic mass is 31.2. The summed E-state index contributed by atoms with van der Waals surface area (Å²) in [4.78, 5) is 73.1. The predicted molar refractivity (Wildman–Crippen MR) is 423 cm³/mol. The van der Waals surface area contributed by atoms with E-state index in [1.807, 2.05) is 0 Å². The minimum absolute atomic E-state index is 0.107. The van der Waals surface area contributed by atoms with Crippen molar-refractivity contribution in [2.75, 3.05) is 39.6 Å². The second-order valence-electron chi connectivity index (χ2n) is 30.7. The average Bonchev–Trinajstić information content (AvgIpc) is 0.911. The first kappa shape index (κ1) is 101. The van der Waals surface area contributed by atoms with Crippen LogP contribution in [-0.2, 0) is 65.4 Å². The van der Waals surface area contributed by atoms with Crippen LogP contribution in [-0.4, -0.2) is 96.7 Å². The van der Waals surface area contributed by atoms with Crippen molar-refractivity contribution in [3.63, 3.8) is 0 Å². The number of rotatable bonds is 84. The van der Waals surface area contributed by atoms with E-state index in [1.54, 1.807) is 0 Å². The van der Waals surface area contributed by atoms with Crippen LogP contribution in [0.1, 0.15) is 452 Å². The van der Waals surface area contributed by atoms with Gasteiger partial charge in [-0.15, -0.1) is 0 Å². The molecule has 0 saturated carbocycles. The molecule has 0 aromatic heterocycles. The molecule has 0 bridgehead atoms. The SMILES string of the molecule is CCCCCCCCCCCCCCCCCCCCCCCC(=O)O[C@H](COC(=O)CCCCCCCCCCCCCCCCCCCCCC)COP(=O)(O)OC[C@@H](O)COP(=O)(O)OC[C@@H](COC(=O)CCCCCCCCCC(C)C)OC(=O)CCCCCCCCCCCCCC. The molecular formula is C84H164O17P2. The highest BCUT2D eigenvalue weighted by molar-refractivity contribution is 7.47. The lowest BCUT2D eigenvalue weighted by Gasteiger charge is -2.21. The molecule has 19 heteroatoms. The molecular weight excluding hydrogens is 1340 g/mol. The normalized spacial score (nSPS) is 13.8. The van der Waals surface area contributed by atoms with Crippen molar-refractivity contribution in [2.45, 2.75) is 470 Å². The molecule has 0 amide bonds. The van der Waals surface area contributed by atoms with Gasteiger partial charge >= 0.3 is 39.5 Å². The number of aliphatic hydroxyl groups excluding tert-OH is 1. The van der Waals surface area contributed by atoms with Gasteiger partial charge in [0.2, 0.25) is 0 Å². The van der Waals surface area contributed by atoms with Gasteiger partial charge in [0.25, 0.3) is 0 Å². The maximum Gasteiger partial charge on any atom is 0.472 e. The molecule has 0 heterocycles. The third-order valence-corrected chi connectivity index (χ3v) is 21.7. The topological polar surface area (TPSA) is 237 Å². The van der Waals surface area contributed by atoms with Crippen LogP contribution in [0.5, 0.6) is 0 Å². The molecule has 0 rings (SSSR count). The Morgan fingerprint density at radius 3 is 0.660 bits per heavy atom. The molecule has 5 atom stereocenters. The summed E-state index contributed by atoms with van der Waals surface area (Å²) in [6, 6.07) is 0. The van der Waals surface area contributed by atoms with Crippen LogP contribution in [0, 0.1) is 5.92 Å². The van der Waals surface area contributed by atoms with Gasteiger partial charge < -0.3 is 33.8 Å². The maximum atomic E-state index is 13.1. The van der Waals surface area contributed by atoms with E-state index in [0.29, 0.717) is 31.6 Å². The number of carbonyl (C=O) groups excluding carboxylic acids is 4. The van der Waals surface area contributed by atoms with E-state index in [-0.39, 0.29) is 25.7 Å². The highest BCUT2D eigenvalue weighted by Crippen LogP contribution is 2.45. The molecule has 2 unspecified atom stereocenters. The van der Waals surface area contributed by atoms with Crippen LogP contribution >= 0.6 is 15.6 Å². The molecule has 3 N–H and O–H groups in total. The van der Waals surface area contributed by atoms with Crippen molar-refractivity contribution in [1.82, 2.24) is 0 Å². The summed E-state index contributed by atoms with van der Waals surface area (Å²) >= 11 is 0. The zero-order valence-corrected chi connectivity index (χ0v) is 69.3. The second-order valence-corrected chi connectivity index (χ2v) is 33.6. The van der Waals surface area contributed by atoms with Crippen molar-refractivity contribution in [3.05, 3.63) is 0 Å². The highest BCUT2D eigenvalue weighted by Gasteiger charge is 2.30. The van der Waals surface area contributed by atoms with Crippen LogP contribution < -0.4 is 0 Å². The molecule has 612 valence electrons. The molecule has 0 aromatic rings. The molecule has 0 aliphatic carbocycles. The first-order valence-corrected chi connectivity index (χ1v) is 46.6. The summed E-state index contributed by atoms with van der Waals surface area (Å²) in [5.41, 5.74) is 0. The Bertz CT molecular complexity index is 1960. The lowest BCUT2D eigenvalue weighted by atomic mass is 10.0. The minimum Gasteiger partial charge on any atom is -0.462 e. The summed E-state index contributed by atoms with van der Waals surface area (Å²) in [7, 11) is -9.92. The van der Waals surface area contributed by atoms with Crippen LogP contribution in [0.3, 0.4) is 0 Å². The second kappa shape index (κ2) is 76.8. The quantitative estimate of drug-likeness (QED) is 0.0222. The lowest BCUT2D eigenvalue weighted by molar-refractivity contribution is -0.161. The van der Waals surface area contributed by atoms with E-state index in [9.17, 15) is 43.2 Å². The van der Waals surface area contributed by atoms with Crippen LogP contribution in [0.4, 0.5) is 0 Å². The number of aliphatic hydroxyl groups is 1. The van der Waals surface area contributed by atoms with E-state index in [2.05, 4.69) is 34.6 Å². The van der Waals surface area contributed by atoms with Gasteiger partial charge in [-0.3, -0.25) is 37.3 Å². The minimum atomic E-state index is -4.96. The van der Waals surface area contributed by atoms with Gasteiger partial charge in [-0.1, -0.05) is 401 Å². The first-order chi connectivity index (χ1) is 50.0. The number of esters is 4. The fraction of sp³-hybridized carbons (Fsp3) is 0.952. The number of hydrogen-bond acceptors (Lipinski definition) is 15. The third kappa shape index (κ3) is 78.0. The average molecular weight is 1510 g/mol. The molecule has 0 saturated heterocycles. The summed E-state index contributed by atoms with van der Waals surface area (Å²) in [5.74, 6) is -1.40. The summed E-state index contributed by atoms with van der Waals surface area (Å²) < 4.78 is 68.8. The number of hydrogen-bond donors (Lipinski definition) is 3. The molecule has 0 radical (unpaired) electrons.